The van der Waals surface area contributed by atoms with E-state index < -0.39 is 5.97 Å². The molecule has 3 fully saturated rings. The van der Waals surface area contributed by atoms with E-state index in [9.17, 15) is 14.7 Å². The summed E-state index contributed by atoms with van der Waals surface area (Å²) >= 11 is 0. The van der Waals surface area contributed by atoms with E-state index in [0.29, 0.717) is 44.2 Å². The van der Waals surface area contributed by atoms with E-state index in [0.717, 1.165) is 30.8 Å². The summed E-state index contributed by atoms with van der Waals surface area (Å²) in [6, 6.07) is 17.7. The lowest BCUT2D eigenvalue weighted by Crippen LogP contribution is -2.66. The summed E-state index contributed by atoms with van der Waals surface area (Å²) in [6.45, 7) is 8.41. The highest BCUT2D eigenvalue weighted by Crippen LogP contribution is 2.39. The van der Waals surface area contributed by atoms with E-state index in [1.807, 2.05) is 19.2 Å². The van der Waals surface area contributed by atoms with Gasteiger partial charge in [0.25, 0.3) is 5.91 Å². The number of hydrogen-bond donors (Lipinski definition) is 2. The molecule has 1 amide bonds. The van der Waals surface area contributed by atoms with Crippen LogP contribution in [0.3, 0.4) is 0 Å². The number of nitrogens with zero attached hydrogens (tertiary/aromatic N) is 6. The minimum absolute atomic E-state index is 0.0122. The molecule has 1 unspecified atom stereocenters. The van der Waals surface area contributed by atoms with Gasteiger partial charge in [-0.25, -0.2) is 19.3 Å². The van der Waals surface area contributed by atoms with Gasteiger partial charge in [-0.3, -0.25) is 4.79 Å². The summed E-state index contributed by atoms with van der Waals surface area (Å²) in [4.78, 5) is 38.3. The van der Waals surface area contributed by atoms with Gasteiger partial charge in [0.1, 0.15) is 5.82 Å². The molecule has 0 saturated carbocycles. The van der Waals surface area contributed by atoms with Crippen LogP contribution in [0.15, 0.2) is 60.8 Å². The van der Waals surface area contributed by atoms with Gasteiger partial charge in [0.05, 0.1) is 30.5 Å². The Kier molecular flexibility index (Phi) is 6.57. The van der Waals surface area contributed by atoms with Crippen LogP contribution in [-0.2, 0) is 10.2 Å². The maximum absolute atomic E-state index is 13.5. The van der Waals surface area contributed by atoms with Gasteiger partial charge in [-0.1, -0.05) is 43.3 Å². The van der Waals surface area contributed by atoms with Gasteiger partial charge in [0.2, 0.25) is 5.82 Å². The molecule has 7 rings (SSSR count). The van der Waals surface area contributed by atoms with Gasteiger partial charge in [-0.2, -0.15) is 0 Å². The molecule has 3 aliphatic rings. The van der Waals surface area contributed by atoms with Crippen molar-refractivity contribution in [3.63, 3.8) is 0 Å². The molecule has 2 N–H and O–H groups in total. The fourth-order valence-corrected chi connectivity index (χ4v) is 6.84. The molecule has 0 bridgehead atoms. The maximum atomic E-state index is 13.5. The number of ether oxygens (including phenoxy) is 1. The second kappa shape index (κ2) is 10.3. The topological polar surface area (TPSA) is 125 Å². The monoisotopic (exact) mass is 581 g/mol. The van der Waals surface area contributed by atoms with E-state index in [1.165, 1.54) is 11.6 Å². The minimum Gasteiger partial charge on any atom is -0.477 e. The Morgan fingerprint density at radius 2 is 1.84 bits per heavy atom. The van der Waals surface area contributed by atoms with Gasteiger partial charge >= 0.3 is 5.97 Å². The molecule has 0 radical (unpaired) electrons. The first-order valence-electron chi connectivity index (χ1n) is 14.7. The Morgan fingerprint density at radius 3 is 2.58 bits per heavy atom. The van der Waals surface area contributed by atoms with Gasteiger partial charge in [0, 0.05) is 37.6 Å². The van der Waals surface area contributed by atoms with Crippen LogP contribution in [0.25, 0.3) is 5.65 Å². The Hall–Kier alpha value is -4.51. The number of carbonyl (C=O) groups excluding carboxylic acids is 1. The van der Waals surface area contributed by atoms with E-state index in [1.54, 1.807) is 10.6 Å². The number of amides is 1. The van der Waals surface area contributed by atoms with Gasteiger partial charge in [-0.05, 0) is 49.1 Å². The van der Waals surface area contributed by atoms with Crippen LogP contribution in [0, 0.1) is 12.3 Å². The van der Waals surface area contributed by atoms with Crippen molar-refractivity contribution >= 4 is 29.0 Å². The second-order valence-corrected chi connectivity index (χ2v) is 12.5. The number of benzene rings is 1. The molecule has 3 aromatic heterocycles. The quantitative estimate of drug-likeness (QED) is 0.353. The number of hydrogen-bond acceptors (Lipinski definition) is 8. The third-order valence-corrected chi connectivity index (χ3v) is 9.41. The van der Waals surface area contributed by atoms with Crippen molar-refractivity contribution in [2.75, 3.05) is 49.2 Å². The molecule has 11 nitrogen and oxygen atoms in total. The molecule has 222 valence electrons. The van der Waals surface area contributed by atoms with Crippen LogP contribution in [0.2, 0.25) is 0 Å². The number of nitrogens with one attached hydrogen (secondary N) is 1. The van der Waals surface area contributed by atoms with Crippen molar-refractivity contribution in [3.8, 4) is 0 Å². The molecule has 1 aromatic carbocycles. The molecule has 0 aliphatic carbocycles. The van der Waals surface area contributed by atoms with Crippen molar-refractivity contribution in [2.24, 2.45) is 5.41 Å². The van der Waals surface area contributed by atoms with E-state index in [4.69, 9.17) is 4.74 Å². The number of piperidine rings is 1. The fourth-order valence-electron chi connectivity index (χ4n) is 6.84. The Labute approximate surface area is 249 Å². The lowest BCUT2D eigenvalue weighted by atomic mass is 9.73. The minimum atomic E-state index is -1.06. The normalized spacial score (nSPS) is 23.0. The average Bonchev–Trinajstić information content (AvgIpc) is 3.62. The third kappa shape index (κ3) is 4.87. The van der Waals surface area contributed by atoms with Crippen LogP contribution in [0.4, 0.5) is 11.5 Å². The molecule has 43 heavy (non-hydrogen) atoms. The number of aromatic carboxylic acids is 1. The molecule has 6 heterocycles. The van der Waals surface area contributed by atoms with E-state index >= 15 is 0 Å². The number of aryl methyl sites for hydroxylation is 1. The SMILES string of the molecule is Cc1cc(N2CC[C@](C)(c3ccccc3)C2)cn2nc(C(=O)NC3CCN(c4cccc(C(=O)O)n4)CC34COC4)nc12. The van der Waals surface area contributed by atoms with Crippen molar-refractivity contribution in [2.45, 2.75) is 38.1 Å². The summed E-state index contributed by atoms with van der Waals surface area (Å²) in [6.07, 6.45) is 3.70. The summed E-state index contributed by atoms with van der Waals surface area (Å²) in [7, 11) is 0. The van der Waals surface area contributed by atoms with Crippen LogP contribution < -0.4 is 15.1 Å². The zero-order valence-corrected chi connectivity index (χ0v) is 24.4. The first kappa shape index (κ1) is 27.3. The molecular weight excluding hydrogens is 546 g/mol. The van der Waals surface area contributed by atoms with E-state index in [2.05, 4.69) is 73.5 Å². The molecule has 11 heteroatoms. The number of anilines is 2. The number of aromatic nitrogens is 4. The highest BCUT2D eigenvalue weighted by Gasteiger charge is 2.50. The van der Waals surface area contributed by atoms with Crippen molar-refractivity contribution < 1.29 is 19.4 Å². The fraction of sp³-hybridized carbons (Fsp3) is 0.406. The highest BCUT2D eigenvalue weighted by molar-refractivity contribution is 5.91. The van der Waals surface area contributed by atoms with Crippen LogP contribution in [0.1, 0.15) is 52.0 Å². The lowest BCUT2D eigenvalue weighted by Gasteiger charge is -2.53. The smallest absolute Gasteiger partial charge is 0.354 e. The Bertz CT molecular complexity index is 1700. The van der Waals surface area contributed by atoms with Gasteiger partial charge < -0.3 is 25.0 Å². The van der Waals surface area contributed by atoms with Gasteiger partial charge in [-0.15, -0.1) is 5.10 Å². The van der Waals surface area contributed by atoms with Crippen molar-refractivity contribution in [1.29, 1.82) is 0 Å². The molecule has 3 saturated heterocycles. The first-order chi connectivity index (χ1) is 20.7. The molecule has 2 atom stereocenters. The molecule has 3 aliphatic heterocycles. The van der Waals surface area contributed by atoms with Crippen LogP contribution in [-0.4, -0.2) is 82.0 Å². The number of fused-ring (bicyclic) bond motifs is 1. The number of pyridine rings is 2. The lowest BCUT2D eigenvalue weighted by molar-refractivity contribution is -0.132. The third-order valence-electron chi connectivity index (χ3n) is 9.41. The van der Waals surface area contributed by atoms with Crippen LogP contribution in [0.5, 0.6) is 0 Å². The predicted octanol–water partition coefficient (Wildman–Crippen LogP) is 3.32. The number of carboxylic acids is 1. The standard InChI is InChI=1S/C32H35N7O4/c1-21-15-23(37-14-12-31(2,17-37)22-7-4-3-5-8-22)16-39-28(21)35-27(36-39)29(40)34-25-11-13-38(18-32(25)19-43-20-32)26-10-6-9-24(33-26)30(41)42/h3-10,15-16,25H,11-14,17-20H2,1-2H3,(H,34,40)(H,41,42)/t25?,31-/m0/s1. The Morgan fingerprint density at radius 1 is 1.02 bits per heavy atom. The van der Waals surface area contributed by atoms with Crippen molar-refractivity contribution in [3.05, 3.63) is 83.4 Å². The first-order valence-corrected chi connectivity index (χ1v) is 14.7. The van der Waals surface area contributed by atoms with Gasteiger partial charge in [0.15, 0.2) is 11.3 Å². The molecule has 1 spiro atoms. The van der Waals surface area contributed by atoms with E-state index in [-0.39, 0.29) is 34.3 Å². The number of carbonyl (C=O) groups is 2. The highest BCUT2D eigenvalue weighted by atomic mass is 16.5. The second-order valence-electron chi connectivity index (χ2n) is 12.5. The Balaban J connectivity index is 1.07. The molecular formula is C32H35N7O4. The number of rotatable bonds is 6. The zero-order valence-electron chi connectivity index (χ0n) is 24.4. The summed E-state index contributed by atoms with van der Waals surface area (Å²) in [5, 5.41) is 17.2. The van der Waals surface area contributed by atoms with Crippen LogP contribution >= 0.6 is 0 Å². The van der Waals surface area contributed by atoms with Crippen molar-refractivity contribution in [1.82, 2.24) is 24.9 Å². The predicted molar refractivity (Wildman–Crippen MR) is 161 cm³/mol. The maximum Gasteiger partial charge on any atom is 0.354 e. The zero-order chi connectivity index (χ0) is 29.8. The summed E-state index contributed by atoms with van der Waals surface area (Å²) in [5.74, 6) is -0.604. The summed E-state index contributed by atoms with van der Waals surface area (Å²) in [5.41, 5.74) is 3.84. The summed E-state index contributed by atoms with van der Waals surface area (Å²) < 4.78 is 7.34. The number of carboxylic acid groups (broad SMARTS) is 1. The average molecular weight is 582 g/mol. The molecule has 4 aromatic rings. The largest absolute Gasteiger partial charge is 0.477 e.